The predicted molar refractivity (Wildman–Crippen MR) is 90.7 cm³/mol. The van der Waals surface area contributed by atoms with Crippen molar-refractivity contribution in [2.24, 2.45) is 5.41 Å². The predicted octanol–water partition coefficient (Wildman–Crippen LogP) is 3.17. The third-order valence-electron chi connectivity index (χ3n) is 4.92. The highest BCUT2D eigenvalue weighted by atomic mass is 19.1. The number of benzene rings is 1. The van der Waals surface area contributed by atoms with E-state index in [1.54, 1.807) is 12.1 Å². The molecule has 2 N–H and O–H groups in total. The molecule has 0 unspecified atom stereocenters. The average Bonchev–Trinajstić information content (AvgIpc) is 3.08. The largest absolute Gasteiger partial charge is 0.381 e. The maximum Gasteiger partial charge on any atom is 0.230 e. The molecule has 0 aromatic heterocycles. The molecule has 1 atom stereocenters. The number of carbonyl (C=O) groups is 1. The van der Waals surface area contributed by atoms with Crippen LogP contribution in [-0.4, -0.2) is 38.4 Å². The summed E-state index contributed by atoms with van der Waals surface area (Å²) in [5.74, 6) is -0.451. The second-order valence-corrected chi connectivity index (χ2v) is 6.84. The fourth-order valence-electron chi connectivity index (χ4n) is 3.10. The van der Waals surface area contributed by atoms with Crippen LogP contribution in [0, 0.1) is 11.2 Å². The second kappa shape index (κ2) is 7.49. The Balaban J connectivity index is 1.58. The van der Waals surface area contributed by atoms with Gasteiger partial charge < -0.3 is 20.1 Å². The number of hydrogen-bond donors (Lipinski definition) is 2. The Morgan fingerprint density at radius 1 is 1.33 bits per heavy atom. The topological polar surface area (TPSA) is 59.6 Å². The molecule has 2 saturated heterocycles. The van der Waals surface area contributed by atoms with E-state index in [0.717, 1.165) is 19.4 Å². The maximum absolute atomic E-state index is 14.2. The molecule has 24 heavy (non-hydrogen) atoms. The quantitative estimate of drug-likeness (QED) is 0.867. The first kappa shape index (κ1) is 17.2. The van der Waals surface area contributed by atoms with Crippen LogP contribution in [0.1, 0.15) is 32.6 Å². The summed E-state index contributed by atoms with van der Waals surface area (Å²) in [6, 6.07) is 4.74. The SMILES string of the molecule is CC1(C(=O)Nc2ccc(NC[C@@H]3CCCO3)c(F)c2)CCOCC1. The highest BCUT2D eigenvalue weighted by molar-refractivity contribution is 5.95. The minimum Gasteiger partial charge on any atom is -0.381 e. The van der Waals surface area contributed by atoms with Gasteiger partial charge in [-0.1, -0.05) is 6.92 Å². The van der Waals surface area contributed by atoms with Gasteiger partial charge in [-0.25, -0.2) is 4.39 Å². The number of amides is 1. The van der Waals surface area contributed by atoms with Gasteiger partial charge in [0.1, 0.15) is 5.82 Å². The molecule has 0 saturated carbocycles. The lowest BCUT2D eigenvalue weighted by atomic mass is 9.81. The smallest absolute Gasteiger partial charge is 0.230 e. The van der Waals surface area contributed by atoms with E-state index in [1.807, 2.05) is 6.92 Å². The molecule has 1 amide bonds. The van der Waals surface area contributed by atoms with Gasteiger partial charge in [0.05, 0.1) is 17.2 Å². The normalized spacial score (nSPS) is 23.0. The van der Waals surface area contributed by atoms with Crippen LogP contribution in [0.3, 0.4) is 0 Å². The summed E-state index contributed by atoms with van der Waals surface area (Å²) in [5.41, 5.74) is 0.458. The highest BCUT2D eigenvalue weighted by Crippen LogP contribution is 2.31. The van der Waals surface area contributed by atoms with E-state index < -0.39 is 5.41 Å². The monoisotopic (exact) mass is 336 g/mol. The molecule has 2 fully saturated rings. The molecule has 132 valence electrons. The minimum absolute atomic E-state index is 0.0785. The summed E-state index contributed by atoms with van der Waals surface area (Å²) in [4.78, 5) is 12.5. The lowest BCUT2D eigenvalue weighted by Crippen LogP contribution is -2.38. The number of rotatable bonds is 5. The van der Waals surface area contributed by atoms with E-state index in [0.29, 0.717) is 44.0 Å². The lowest BCUT2D eigenvalue weighted by molar-refractivity contribution is -0.129. The molecule has 6 heteroatoms. The summed E-state index contributed by atoms with van der Waals surface area (Å²) >= 11 is 0. The van der Waals surface area contributed by atoms with Gasteiger partial charge in [0.2, 0.25) is 5.91 Å². The minimum atomic E-state index is -0.453. The van der Waals surface area contributed by atoms with Crippen molar-refractivity contribution in [3.63, 3.8) is 0 Å². The van der Waals surface area contributed by atoms with Crippen molar-refractivity contribution >= 4 is 17.3 Å². The van der Waals surface area contributed by atoms with Crippen molar-refractivity contribution in [2.45, 2.75) is 38.7 Å². The third-order valence-corrected chi connectivity index (χ3v) is 4.92. The Bertz CT molecular complexity index is 582. The Kier molecular flexibility index (Phi) is 5.36. The Morgan fingerprint density at radius 3 is 2.79 bits per heavy atom. The van der Waals surface area contributed by atoms with E-state index in [4.69, 9.17) is 9.47 Å². The van der Waals surface area contributed by atoms with Gasteiger partial charge in [-0.15, -0.1) is 0 Å². The number of nitrogens with one attached hydrogen (secondary N) is 2. The van der Waals surface area contributed by atoms with Gasteiger partial charge in [-0.2, -0.15) is 0 Å². The van der Waals surface area contributed by atoms with Crippen LogP contribution in [-0.2, 0) is 14.3 Å². The van der Waals surface area contributed by atoms with Crippen molar-refractivity contribution in [3.8, 4) is 0 Å². The molecule has 3 rings (SSSR count). The molecule has 0 aliphatic carbocycles. The Morgan fingerprint density at radius 2 is 2.12 bits per heavy atom. The van der Waals surface area contributed by atoms with Crippen molar-refractivity contribution in [1.82, 2.24) is 0 Å². The van der Waals surface area contributed by atoms with Gasteiger partial charge in [-0.05, 0) is 43.9 Å². The molecule has 1 aromatic rings. The van der Waals surface area contributed by atoms with Crippen LogP contribution in [0.25, 0.3) is 0 Å². The van der Waals surface area contributed by atoms with Gasteiger partial charge in [0, 0.05) is 32.1 Å². The first-order chi connectivity index (χ1) is 11.6. The lowest BCUT2D eigenvalue weighted by Gasteiger charge is -2.32. The van der Waals surface area contributed by atoms with Crippen molar-refractivity contribution in [2.75, 3.05) is 37.0 Å². The zero-order valence-electron chi connectivity index (χ0n) is 14.1. The van der Waals surface area contributed by atoms with Crippen LogP contribution < -0.4 is 10.6 Å². The van der Waals surface area contributed by atoms with Crippen molar-refractivity contribution < 1.29 is 18.7 Å². The fraction of sp³-hybridized carbons (Fsp3) is 0.611. The van der Waals surface area contributed by atoms with E-state index in [1.165, 1.54) is 6.07 Å². The number of ether oxygens (including phenoxy) is 2. The van der Waals surface area contributed by atoms with Gasteiger partial charge in [-0.3, -0.25) is 4.79 Å². The molecule has 0 bridgehead atoms. The van der Waals surface area contributed by atoms with Crippen LogP contribution in [0.2, 0.25) is 0 Å². The Hall–Kier alpha value is -1.66. The molecular formula is C18H25FN2O3. The van der Waals surface area contributed by atoms with Crippen LogP contribution in [0.4, 0.5) is 15.8 Å². The average molecular weight is 336 g/mol. The maximum atomic E-state index is 14.2. The zero-order chi connectivity index (χ0) is 17.0. The summed E-state index contributed by atoms with van der Waals surface area (Å²) in [5, 5.41) is 5.91. The van der Waals surface area contributed by atoms with Gasteiger partial charge >= 0.3 is 0 Å². The second-order valence-electron chi connectivity index (χ2n) is 6.84. The molecular weight excluding hydrogens is 311 g/mol. The van der Waals surface area contributed by atoms with Crippen molar-refractivity contribution in [1.29, 1.82) is 0 Å². The molecule has 1 aromatic carbocycles. The van der Waals surface area contributed by atoms with Crippen LogP contribution in [0.15, 0.2) is 18.2 Å². The molecule has 0 spiro atoms. The van der Waals surface area contributed by atoms with E-state index in [-0.39, 0.29) is 17.8 Å². The molecule has 5 nitrogen and oxygen atoms in total. The molecule has 2 aliphatic heterocycles. The molecule has 2 heterocycles. The number of hydrogen-bond acceptors (Lipinski definition) is 4. The van der Waals surface area contributed by atoms with Crippen molar-refractivity contribution in [3.05, 3.63) is 24.0 Å². The third kappa shape index (κ3) is 4.05. The number of halogens is 1. The van der Waals surface area contributed by atoms with E-state index >= 15 is 0 Å². The summed E-state index contributed by atoms with van der Waals surface area (Å²) in [6.07, 6.45) is 3.58. The number of anilines is 2. The van der Waals surface area contributed by atoms with Gasteiger partial charge in [0.25, 0.3) is 0 Å². The summed E-state index contributed by atoms with van der Waals surface area (Å²) < 4.78 is 25.1. The zero-order valence-corrected chi connectivity index (χ0v) is 14.1. The standard InChI is InChI=1S/C18H25FN2O3/c1-18(6-9-23-10-7-18)17(22)21-13-4-5-16(15(19)11-13)20-12-14-3-2-8-24-14/h4-5,11,14,20H,2-3,6-10,12H2,1H3,(H,21,22)/t14-/m0/s1. The van der Waals surface area contributed by atoms with E-state index in [9.17, 15) is 9.18 Å². The highest BCUT2D eigenvalue weighted by Gasteiger charge is 2.35. The molecule has 2 aliphatic rings. The van der Waals surface area contributed by atoms with E-state index in [2.05, 4.69) is 10.6 Å². The fourth-order valence-corrected chi connectivity index (χ4v) is 3.10. The Labute approximate surface area is 141 Å². The van der Waals surface area contributed by atoms with Gasteiger partial charge in [0.15, 0.2) is 0 Å². The first-order valence-electron chi connectivity index (χ1n) is 8.61. The number of carbonyl (C=O) groups excluding carboxylic acids is 1. The van der Waals surface area contributed by atoms with Crippen LogP contribution >= 0.6 is 0 Å². The summed E-state index contributed by atoms with van der Waals surface area (Å²) in [6.45, 7) is 4.48. The first-order valence-corrected chi connectivity index (χ1v) is 8.61. The molecule has 0 radical (unpaired) electrons. The van der Waals surface area contributed by atoms with Crippen LogP contribution in [0.5, 0.6) is 0 Å². The summed E-state index contributed by atoms with van der Waals surface area (Å²) in [7, 11) is 0.